The molecule has 0 aromatic heterocycles. The zero-order chi connectivity index (χ0) is 15.0. The Morgan fingerprint density at radius 2 is 1.67 bits per heavy atom. The average molecular weight is 298 g/mol. The second kappa shape index (κ2) is 5.24. The predicted octanol–water partition coefficient (Wildman–Crippen LogP) is 2.76. The SMILES string of the molecule is O=C(C1CC1)N1CCN(c2ccccc2C(F)(F)F)CC1. The van der Waals surface area contributed by atoms with Gasteiger partial charge in [-0.3, -0.25) is 4.79 Å². The fourth-order valence-corrected chi connectivity index (χ4v) is 2.75. The first kappa shape index (κ1) is 14.2. The molecule has 1 saturated carbocycles. The minimum atomic E-state index is -4.35. The van der Waals surface area contributed by atoms with E-state index in [-0.39, 0.29) is 17.5 Å². The van der Waals surface area contributed by atoms with Gasteiger partial charge in [-0.1, -0.05) is 12.1 Å². The van der Waals surface area contributed by atoms with Gasteiger partial charge in [-0.15, -0.1) is 0 Å². The molecule has 2 aliphatic rings. The highest BCUT2D eigenvalue weighted by Crippen LogP contribution is 2.37. The first-order chi connectivity index (χ1) is 9.97. The smallest absolute Gasteiger partial charge is 0.367 e. The molecule has 0 N–H and O–H groups in total. The zero-order valence-corrected chi connectivity index (χ0v) is 11.6. The molecule has 0 radical (unpaired) electrons. The van der Waals surface area contributed by atoms with Crippen molar-refractivity contribution >= 4 is 11.6 Å². The number of amides is 1. The molecule has 3 rings (SSSR count). The van der Waals surface area contributed by atoms with Crippen molar-refractivity contribution in [2.45, 2.75) is 19.0 Å². The lowest BCUT2D eigenvalue weighted by Crippen LogP contribution is -2.49. The second-order valence-corrected chi connectivity index (χ2v) is 5.60. The van der Waals surface area contributed by atoms with Crippen LogP contribution >= 0.6 is 0 Å². The number of anilines is 1. The molecule has 1 aromatic carbocycles. The largest absolute Gasteiger partial charge is 0.418 e. The molecule has 1 heterocycles. The number of hydrogen-bond donors (Lipinski definition) is 0. The highest BCUT2D eigenvalue weighted by molar-refractivity contribution is 5.81. The molecular weight excluding hydrogens is 281 g/mol. The third-order valence-electron chi connectivity index (χ3n) is 4.07. The lowest BCUT2D eigenvalue weighted by atomic mass is 10.1. The van der Waals surface area contributed by atoms with E-state index >= 15 is 0 Å². The van der Waals surface area contributed by atoms with Gasteiger partial charge in [-0.05, 0) is 25.0 Å². The fourth-order valence-electron chi connectivity index (χ4n) is 2.75. The molecule has 1 aromatic rings. The molecule has 0 atom stereocenters. The highest BCUT2D eigenvalue weighted by Gasteiger charge is 2.37. The number of nitrogens with zero attached hydrogens (tertiary/aromatic N) is 2. The molecule has 114 valence electrons. The number of rotatable bonds is 2. The van der Waals surface area contributed by atoms with Gasteiger partial charge in [0.1, 0.15) is 0 Å². The molecule has 2 fully saturated rings. The van der Waals surface area contributed by atoms with Crippen LogP contribution in [0.1, 0.15) is 18.4 Å². The second-order valence-electron chi connectivity index (χ2n) is 5.60. The molecule has 1 aliphatic carbocycles. The first-order valence-electron chi connectivity index (χ1n) is 7.17. The fraction of sp³-hybridized carbons (Fsp3) is 0.533. The summed E-state index contributed by atoms with van der Waals surface area (Å²) in [4.78, 5) is 15.5. The van der Waals surface area contributed by atoms with E-state index in [9.17, 15) is 18.0 Å². The summed E-state index contributed by atoms with van der Waals surface area (Å²) in [6, 6.07) is 5.63. The number of carbonyl (C=O) groups is 1. The summed E-state index contributed by atoms with van der Waals surface area (Å²) in [7, 11) is 0. The van der Waals surface area contributed by atoms with Crippen molar-refractivity contribution in [1.82, 2.24) is 4.90 Å². The van der Waals surface area contributed by atoms with Crippen LogP contribution in [0, 0.1) is 5.92 Å². The number of piperazine rings is 1. The van der Waals surface area contributed by atoms with Gasteiger partial charge in [0.05, 0.1) is 5.56 Å². The summed E-state index contributed by atoms with van der Waals surface area (Å²) >= 11 is 0. The van der Waals surface area contributed by atoms with Crippen LogP contribution in [0.5, 0.6) is 0 Å². The van der Waals surface area contributed by atoms with E-state index in [1.807, 2.05) is 0 Å². The first-order valence-corrected chi connectivity index (χ1v) is 7.17. The molecule has 1 amide bonds. The number of alkyl halides is 3. The van der Waals surface area contributed by atoms with E-state index in [0.29, 0.717) is 26.2 Å². The molecule has 6 heteroatoms. The number of carbonyl (C=O) groups excluding carboxylic acids is 1. The number of halogens is 3. The van der Waals surface area contributed by atoms with Gasteiger partial charge in [-0.25, -0.2) is 0 Å². The van der Waals surface area contributed by atoms with Crippen LogP contribution in [-0.4, -0.2) is 37.0 Å². The molecule has 0 bridgehead atoms. The predicted molar refractivity (Wildman–Crippen MR) is 73.0 cm³/mol. The Bertz CT molecular complexity index is 532. The summed E-state index contributed by atoms with van der Waals surface area (Å²) < 4.78 is 39.1. The van der Waals surface area contributed by atoms with E-state index in [1.54, 1.807) is 15.9 Å². The summed E-state index contributed by atoms with van der Waals surface area (Å²) in [5.41, 5.74) is -0.393. The maximum atomic E-state index is 13.0. The van der Waals surface area contributed by atoms with Gasteiger partial charge in [0.2, 0.25) is 5.91 Å². The van der Waals surface area contributed by atoms with Crippen molar-refractivity contribution in [3.05, 3.63) is 29.8 Å². The lowest BCUT2D eigenvalue weighted by Gasteiger charge is -2.37. The maximum Gasteiger partial charge on any atom is 0.418 e. The van der Waals surface area contributed by atoms with E-state index in [1.165, 1.54) is 12.1 Å². The zero-order valence-electron chi connectivity index (χ0n) is 11.6. The van der Waals surface area contributed by atoms with Crippen LogP contribution in [0.2, 0.25) is 0 Å². The lowest BCUT2D eigenvalue weighted by molar-refractivity contribution is -0.137. The van der Waals surface area contributed by atoms with Gasteiger partial charge >= 0.3 is 6.18 Å². The molecule has 3 nitrogen and oxygen atoms in total. The van der Waals surface area contributed by atoms with Gasteiger partial charge in [0.15, 0.2) is 0 Å². The summed E-state index contributed by atoms with van der Waals surface area (Å²) in [6.45, 7) is 1.90. The van der Waals surface area contributed by atoms with Crippen molar-refractivity contribution in [3.63, 3.8) is 0 Å². The minimum absolute atomic E-state index is 0.166. The van der Waals surface area contributed by atoms with Crippen LogP contribution in [-0.2, 0) is 11.0 Å². The topological polar surface area (TPSA) is 23.6 Å². The molecule has 1 saturated heterocycles. The van der Waals surface area contributed by atoms with Gasteiger partial charge < -0.3 is 9.80 Å². The number of hydrogen-bond acceptors (Lipinski definition) is 2. The third-order valence-corrected chi connectivity index (χ3v) is 4.07. The Labute approximate surface area is 121 Å². The van der Waals surface area contributed by atoms with Crippen molar-refractivity contribution in [3.8, 4) is 0 Å². The van der Waals surface area contributed by atoms with E-state index < -0.39 is 11.7 Å². The van der Waals surface area contributed by atoms with Crippen LogP contribution in [0.25, 0.3) is 0 Å². The summed E-state index contributed by atoms with van der Waals surface area (Å²) in [5.74, 6) is 0.331. The standard InChI is InChI=1S/C15H17F3N2O/c16-15(17,18)12-3-1-2-4-13(12)19-7-9-20(10-8-19)14(21)11-5-6-11/h1-4,11H,5-10H2. The Morgan fingerprint density at radius 1 is 1.05 bits per heavy atom. The summed E-state index contributed by atoms with van der Waals surface area (Å²) in [6.07, 6.45) is -2.44. The molecule has 0 spiro atoms. The average Bonchev–Trinajstić information content (AvgIpc) is 3.30. The quantitative estimate of drug-likeness (QED) is 0.838. The van der Waals surface area contributed by atoms with Crippen LogP contribution in [0.3, 0.4) is 0 Å². The monoisotopic (exact) mass is 298 g/mol. The van der Waals surface area contributed by atoms with Crippen LogP contribution < -0.4 is 4.90 Å². The Hall–Kier alpha value is -1.72. The van der Waals surface area contributed by atoms with Crippen LogP contribution in [0.4, 0.5) is 18.9 Å². The maximum absolute atomic E-state index is 13.0. The number of benzene rings is 1. The van der Waals surface area contributed by atoms with E-state index in [2.05, 4.69) is 0 Å². The third kappa shape index (κ3) is 2.99. The minimum Gasteiger partial charge on any atom is -0.367 e. The van der Waals surface area contributed by atoms with Crippen molar-refractivity contribution in [2.24, 2.45) is 5.92 Å². The van der Waals surface area contributed by atoms with Crippen LogP contribution in [0.15, 0.2) is 24.3 Å². The molecule has 0 unspecified atom stereocenters. The Balaban J connectivity index is 1.71. The van der Waals surface area contributed by atoms with E-state index in [4.69, 9.17) is 0 Å². The van der Waals surface area contributed by atoms with Crippen molar-refractivity contribution < 1.29 is 18.0 Å². The van der Waals surface area contributed by atoms with Gasteiger partial charge in [-0.2, -0.15) is 13.2 Å². The van der Waals surface area contributed by atoms with Gasteiger partial charge in [0.25, 0.3) is 0 Å². The molecular formula is C15H17F3N2O. The highest BCUT2D eigenvalue weighted by atomic mass is 19.4. The number of para-hydroxylation sites is 1. The van der Waals surface area contributed by atoms with Crippen molar-refractivity contribution in [1.29, 1.82) is 0 Å². The normalized spacial score (nSPS) is 19.8. The van der Waals surface area contributed by atoms with Crippen molar-refractivity contribution in [2.75, 3.05) is 31.1 Å². The Morgan fingerprint density at radius 3 is 2.24 bits per heavy atom. The summed E-state index contributed by atoms with van der Waals surface area (Å²) in [5, 5.41) is 0. The molecule has 21 heavy (non-hydrogen) atoms. The Kier molecular flexibility index (Phi) is 3.55. The van der Waals surface area contributed by atoms with Gasteiger partial charge in [0, 0.05) is 37.8 Å². The van der Waals surface area contributed by atoms with E-state index in [0.717, 1.165) is 18.9 Å². The molecule has 1 aliphatic heterocycles.